The van der Waals surface area contributed by atoms with Crippen LogP contribution < -0.4 is 10.2 Å². The maximum Gasteiger partial charge on any atom is 0.258 e. The van der Waals surface area contributed by atoms with Crippen LogP contribution in [0.4, 0.5) is 15.8 Å². The van der Waals surface area contributed by atoms with Crippen LogP contribution in [-0.4, -0.2) is 37.2 Å². The van der Waals surface area contributed by atoms with E-state index >= 15 is 0 Å². The van der Waals surface area contributed by atoms with Gasteiger partial charge in [-0.25, -0.2) is 9.37 Å². The number of carbonyl (C=O) groups excluding carboxylic acids is 1. The standard InChI is InChI=1S/C24H24FN3O2S/c1-16-5-7-19(14-17(16)2)31-24-20(4-3-9-26-24)23(29)27-18-6-8-22(21(25)15-18)28-10-12-30-13-11-28/h3-9,14-15H,10-13H2,1-2H3,(H,27,29). The van der Waals surface area contributed by atoms with Gasteiger partial charge in [0, 0.05) is 29.9 Å². The zero-order chi connectivity index (χ0) is 21.8. The molecule has 0 radical (unpaired) electrons. The lowest BCUT2D eigenvalue weighted by molar-refractivity contribution is 0.102. The minimum Gasteiger partial charge on any atom is -0.378 e. The Labute approximate surface area is 185 Å². The van der Waals surface area contributed by atoms with Crippen molar-refractivity contribution in [1.82, 2.24) is 4.98 Å². The Balaban J connectivity index is 1.51. The van der Waals surface area contributed by atoms with Gasteiger partial charge in [0.2, 0.25) is 0 Å². The molecule has 5 nitrogen and oxygen atoms in total. The average Bonchev–Trinajstić information content (AvgIpc) is 2.77. The number of hydrogen-bond acceptors (Lipinski definition) is 5. The van der Waals surface area contributed by atoms with Gasteiger partial charge in [-0.2, -0.15) is 0 Å². The third-order valence-electron chi connectivity index (χ3n) is 5.27. The van der Waals surface area contributed by atoms with Crippen molar-refractivity contribution in [2.24, 2.45) is 0 Å². The number of aromatic nitrogens is 1. The Morgan fingerprint density at radius 3 is 2.65 bits per heavy atom. The van der Waals surface area contributed by atoms with Gasteiger partial charge < -0.3 is 15.0 Å². The lowest BCUT2D eigenvalue weighted by Gasteiger charge is -2.29. The number of benzene rings is 2. The van der Waals surface area contributed by atoms with E-state index in [4.69, 9.17) is 4.74 Å². The largest absolute Gasteiger partial charge is 0.378 e. The Bertz CT molecular complexity index is 1100. The molecule has 2 aromatic carbocycles. The molecule has 0 spiro atoms. The molecule has 31 heavy (non-hydrogen) atoms. The molecule has 0 bridgehead atoms. The number of carbonyl (C=O) groups is 1. The Kier molecular flexibility index (Phi) is 6.53. The summed E-state index contributed by atoms with van der Waals surface area (Å²) in [4.78, 5) is 20.3. The molecular weight excluding hydrogens is 413 g/mol. The summed E-state index contributed by atoms with van der Waals surface area (Å²) in [5, 5.41) is 3.41. The number of morpholine rings is 1. The van der Waals surface area contributed by atoms with E-state index in [1.165, 1.54) is 29.0 Å². The van der Waals surface area contributed by atoms with Crippen LogP contribution in [-0.2, 0) is 4.74 Å². The van der Waals surface area contributed by atoms with Gasteiger partial charge in [-0.15, -0.1) is 0 Å². The lowest BCUT2D eigenvalue weighted by Crippen LogP contribution is -2.36. The van der Waals surface area contributed by atoms with Crippen LogP contribution >= 0.6 is 11.8 Å². The number of pyridine rings is 1. The monoisotopic (exact) mass is 437 g/mol. The molecule has 0 unspecified atom stereocenters. The highest BCUT2D eigenvalue weighted by Crippen LogP contribution is 2.31. The second-order valence-electron chi connectivity index (χ2n) is 7.42. The first-order valence-electron chi connectivity index (χ1n) is 10.1. The summed E-state index contributed by atoms with van der Waals surface area (Å²) in [7, 11) is 0. The predicted octanol–water partition coefficient (Wildman–Crippen LogP) is 5.08. The summed E-state index contributed by atoms with van der Waals surface area (Å²) in [6, 6.07) is 14.4. The molecule has 160 valence electrons. The topological polar surface area (TPSA) is 54.5 Å². The molecule has 1 aliphatic heterocycles. The van der Waals surface area contributed by atoms with Gasteiger partial charge in [-0.3, -0.25) is 4.79 Å². The van der Waals surface area contributed by atoms with Crippen molar-refractivity contribution in [2.75, 3.05) is 36.5 Å². The maximum atomic E-state index is 14.7. The SMILES string of the molecule is Cc1ccc(Sc2ncccc2C(=O)Nc2ccc(N3CCOCC3)c(F)c2)cc1C. The summed E-state index contributed by atoms with van der Waals surface area (Å²) in [6.07, 6.45) is 1.66. The molecule has 1 saturated heterocycles. The van der Waals surface area contributed by atoms with Crippen molar-refractivity contribution < 1.29 is 13.9 Å². The summed E-state index contributed by atoms with van der Waals surface area (Å²) in [5.74, 6) is -0.687. The number of amides is 1. The van der Waals surface area contributed by atoms with Crippen LogP contribution in [0.5, 0.6) is 0 Å². The zero-order valence-electron chi connectivity index (χ0n) is 17.5. The van der Waals surface area contributed by atoms with Crippen molar-refractivity contribution in [1.29, 1.82) is 0 Å². The van der Waals surface area contributed by atoms with Crippen LogP contribution in [0.3, 0.4) is 0 Å². The van der Waals surface area contributed by atoms with Crippen LogP contribution in [0.15, 0.2) is 64.6 Å². The lowest BCUT2D eigenvalue weighted by atomic mass is 10.1. The maximum absolute atomic E-state index is 14.7. The number of ether oxygens (including phenoxy) is 1. The van der Waals surface area contributed by atoms with Gasteiger partial charge in [-0.05, 0) is 67.4 Å². The third kappa shape index (κ3) is 5.06. The van der Waals surface area contributed by atoms with Crippen molar-refractivity contribution >= 4 is 29.0 Å². The summed E-state index contributed by atoms with van der Waals surface area (Å²) < 4.78 is 20.0. The fourth-order valence-electron chi connectivity index (χ4n) is 3.38. The highest BCUT2D eigenvalue weighted by atomic mass is 32.2. The first-order chi connectivity index (χ1) is 15.0. The highest BCUT2D eigenvalue weighted by molar-refractivity contribution is 7.99. The predicted molar refractivity (Wildman–Crippen MR) is 122 cm³/mol. The summed E-state index contributed by atoms with van der Waals surface area (Å²) in [6.45, 7) is 6.59. The fourth-order valence-corrected chi connectivity index (χ4v) is 4.36. The van der Waals surface area contributed by atoms with Gasteiger partial charge in [0.1, 0.15) is 10.8 Å². The average molecular weight is 438 g/mol. The molecule has 2 heterocycles. The molecule has 7 heteroatoms. The first-order valence-corrected chi connectivity index (χ1v) is 11.0. The van der Waals surface area contributed by atoms with Gasteiger partial charge in [0.25, 0.3) is 5.91 Å². The molecular formula is C24H24FN3O2S. The molecule has 1 N–H and O–H groups in total. The smallest absolute Gasteiger partial charge is 0.258 e. The van der Waals surface area contributed by atoms with Crippen molar-refractivity contribution in [3.8, 4) is 0 Å². The van der Waals surface area contributed by atoms with Crippen LogP contribution in [0.1, 0.15) is 21.5 Å². The number of nitrogens with one attached hydrogen (secondary N) is 1. The minimum absolute atomic E-state index is 0.321. The molecule has 4 rings (SSSR count). The summed E-state index contributed by atoms with van der Waals surface area (Å²) in [5.41, 5.74) is 3.77. The molecule has 0 aliphatic carbocycles. The second-order valence-corrected chi connectivity index (χ2v) is 8.49. The molecule has 1 amide bonds. The van der Waals surface area contributed by atoms with E-state index in [1.54, 1.807) is 30.5 Å². The first kappa shape index (κ1) is 21.3. The molecule has 3 aromatic rings. The number of rotatable bonds is 5. The van der Waals surface area contributed by atoms with Gasteiger partial charge in [0.15, 0.2) is 0 Å². The van der Waals surface area contributed by atoms with E-state index in [1.807, 2.05) is 11.0 Å². The van der Waals surface area contributed by atoms with Crippen LogP contribution in [0.2, 0.25) is 0 Å². The minimum atomic E-state index is -0.365. The Morgan fingerprint density at radius 2 is 1.90 bits per heavy atom. The Morgan fingerprint density at radius 1 is 1.10 bits per heavy atom. The van der Waals surface area contributed by atoms with E-state index in [-0.39, 0.29) is 11.7 Å². The van der Waals surface area contributed by atoms with Gasteiger partial charge in [0.05, 0.1) is 24.5 Å². The molecule has 1 fully saturated rings. The zero-order valence-corrected chi connectivity index (χ0v) is 18.3. The number of aryl methyl sites for hydroxylation is 2. The van der Waals surface area contributed by atoms with Crippen molar-refractivity contribution in [2.45, 2.75) is 23.8 Å². The van der Waals surface area contributed by atoms with Gasteiger partial charge in [-0.1, -0.05) is 17.8 Å². The number of hydrogen-bond donors (Lipinski definition) is 1. The highest BCUT2D eigenvalue weighted by Gasteiger charge is 2.18. The Hall–Kier alpha value is -2.90. The fraction of sp³-hybridized carbons (Fsp3) is 0.250. The molecule has 0 atom stereocenters. The third-order valence-corrected chi connectivity index (χ3v) is 6.27. The second kappa shape index (κ2) is 9.49. The van der Waals surface area contributed by atoms with Crippen LogP contribution in [0, 0.1) is 19.7 Å². The number of halogens is 1. The molecule has 1 aliphatic rings. The summed E-state index contributed by atoms with van der Waals surface area (Å²) >= 11 is 1.44. The van der Waals surface area contributed by atoms with Crippen LogP contribution in [0.25, 0.3) is 0 Å². The van der Waals surface area contributed by atoms with E-state index in [0.29, 0.717) is 48.3 Å². The normalized spacial score (nSPS) is 13.8. The van der Waals surface area contributed by atoms with E-state index < -0.39 is 0 Å². The van der Waals surface area contributed by atoms with Gasteiger partial charge >= 0.3 is 0 Å². The van der Waals surface area contributed by atoms with E-state index in [2.05, 4.69) is 36.3 Å². The number of nitrogens with zero attached hydrogens (tertiary/aromatic N) is 2. The quantitative estimate of drug-likeness (QED) is 0.603. The van der Waals surface area contributed by atoms with Crippen molar-refractivity contribution in [3.63, 3.8) is 0 Å². The molecule has 1 aromatic heterocycles. The van der Waals surface area contributed by atoms with Crippen molar-refractivity contribution in [3.05, 3.63) is 77.2 Å². The van der Waals surface area contributed by atoms with E-state index in [9.17, 15) is 9.18 Å². The van der Waals surface area contributed by atoms with E-state index in [0.717, 1.165) is 4.90 Å². The number of anilines is 2. The molecule has 0 saturated carbocycles.